The Labute approximate surface area is 197 Å². The van der Waals surface area contributed by atoms with Gasteiger partial charge >= 0.3 is 23.9 Å². The highest BCUT2D eigenvalue weighted by molar-refractivity contribution is 5.83. The van der Waals surface area contributed by atoms with Gasteiger partial charge < -0.3 is 51.4 Å². The Morgan fingerprint density at radius 2 is 1.14 bits per heavy atom. The molecule has 9 N–H and O–H groups in total. The average molecular weight is 506 g/mol. The lowest BCUT2D eigenvalue weighted by atomic mass is 10.2. The van der Waals surface area contributed by atoms with E-state index in [0.29, 0.717) is 6.29 Å². The SMILES string of the molecule is CC(CC(=O)O)Nc1nc(NC(CC=O)C(=O)O)nc(NC(CC(=O)O)C(=O)O)n1.CO.O=CO. The van der Waals surface area contributed by atoms with Gasteiger partial charge in [0.2, 0.25) is 17.8 Å². The van der Waals surface area contributed by atoms with Gasteiger partial charge in [-0.05, 0) is 6.92 Å². The summed E-state index contributed by atoms with van der Waals surface area (Å²) in [6, 6.07) is -3.70. The molecule has 1 heterocycles. The summed E-state index contributed by atoms with van der Waals surface area (Å²) in [7, 11) is 1.00. The van der Waals surface area contributed by atoms with Crippen LogP contribution in [0.3, 0.4) is 0 Å². The van der Waals surface area contributed by atoms with Crippen molar-refractivity contribution in [3.63, 3.8) is 0 Å². The molecule has 0 aliphatic carbocycles. The van der Waals surface area contributed by atoms with E-state index in [0.717, 1.165) is 7.11 Å². The minimum atomic E-state index is -1.62. The maximum Gasteiger partial charge on any atom is 0.326 e. The van der Waals surface area contributed by atoms with Crippen molar-refractivity contribution in [2.24, 2.45) is 0 Å². The molecular formula is C17H26N6O12. The van der Waals surface area contributed by atoms with Crippen molar-refractivity contribution in [3.8, 4) is 0 Å². The number of carboxylic acid groups (broad SMARTS) is 5. The Balaban J connectivity index is 0. The van der Waals surface area contributed by atoms with Crippen molar-refractivity contribution in [1.29, 1.82) is 0 Å². The van der Waals surface area contributed by atoms with Crippen LogP contribution in [0, 0.1) is 0 Å². The summed E-state index contributed by atoms with van der Waals surface area (Å²) in [4.78, 5) is 74.7. The van der Waals surface area contributed by atoms with Gasteiger partial charge in [0.1, 0.15) is 18.4 Å². The van der Waals surface area contributed by atoms with Crippen molar-refractivity contribution < 1.29 is 59.4 Å². The summed E-state index contributed by atoms with van der Waals surface area (Å²) >= 11 is 0. The molecule has 0 aromatic carbocycles. The second-order valence-electron chi connectivity index (χ2n) is 6.13. The third-order valence-electron chi connectivity index (χ3n) is 3.41. The number of aromatic nitrogens is 3. The zero-order chi connectivity index (χ0) is 27.6. The lowest BCUT2D eigenvalue weighted by Crippen LogP contribution is -2.34. The highest BCUT2D eigenvalue weighted by Gasteiger charge is 2.24. The molecule has 0 saturated heterocycles. The Hall–Kier alpha value is -4.61. The Morgan fingerprint density at radius 1 is 0.771 bits per heavy atom. The number of hydrogen-bond acceptors (Lipinski definition) is 13. The topological polar surface area (TPSA) is 299 Å². The fourth-order valence-corrected chi connectivity index (χ4v) is 2.11. The summed E-state index contributed by atoms with van der Waals surface area (Å²) in [6.45, 7) is 1.25. The number of nitrogens with zero attached hydrogens (tertiary/aromatic N) is 3. The molecule has 196 valence electrons. The maximum absolute atomic E-state index is 11.3. The van der Waals surface area contributed by atoms with Crippen LogP contribution < -0.4 is 16.0 Å². The van der Waals surface area contributed by atoms with Gasteiger partial charge in [0, 0.05) is 19.6 Å². The van der Waals surface area contributed by atoms with Gasteiger partial charge in [-0.25, -0.2) is 9.59 Å². The highest BCUT2D eigenvalue weighted by atomic mass is 16.4. The van der Waals surface area contributed by atoms with Crippen LogP contribution >= 0.6 is 0 Å². The molecule has 0 fully saturated rings. The van der Waals surface area contributed by atoms with E-state index in [4.69, 9.17) is 35.4 Å². The van der Waals surface area contributed by atoms with Crippen molar-refractivity contribution in [3.05, 3.63) is 0 Å². The van der Waals surface area contributed by atoms with Crippen LogP contribution in [-0.4, -0.2) is 107 Å². The predicted octanol–water partition coefficient (Wildman–Crippen LogP) is -1.75. The standard InChI is InChI=1S/C15H20N6O9.CH2O2.CH4O/c1-6(4-9(23)24)16-13-19-14(17-7(2-3-22)11(27)28)21-15(20-13)18-8(12(29)30)5-10(25)26;2-1-3;1-2/h3,6-8H,2,4-5H2,1H3,(H,23,24)(H,25,26)(H,27,28)(H,29,30)(H3,16,17,18,19,20,21);1H,(H,2,3);2H,1H3. The predicted molar refractivity (Wildman–Crippen MR) is 115 cm³/mol. The summed E-state index contributed by atoms with van der Waals surface area (Å²) in [6.07, 6.45) is -1.21. The maximum atomic E-state index is 11.3. The minimum Gasteiger partial charge on any atom is -0.483 e. The van der Waals surface area contributed by atoms with Crippen LogP contribution in [-0.2, 0) is 28.8 Å². The number of aliphatic carboxylic acids is 4. The number of aldehydes is 1. The Bertz CT molecular complexity index is 868. The van der Waals surface area contributed by atoms with E-state index in [-0.39, 0.29) is 24.8 Å². The summed E-state index contributed by atoms with van der Waals surface area (Å²) in [5, 5.41) is 57.1. The lowest BCUT2D eigenvalue weighted by molar-refractivity contribution is -0.144. The molecule has 0 spiro atoms. The number of nitrogens with one attached hydrogen (secondary N) is 3. The van der Waals surface area contributed by atoms with Crippen LogP contribution in [0.25, 0.3) is 0 Å². The molecule has 35 heavy (non-hydrogen) atoms. The molecule has 1 aromatic rings. The van der Waals surface area contributed by atoms with Crippen molar-refractivity contribution in [1.82, 2.24) is 15.0 Å². The number of carbonyl (C=O) groups is 6. The average Bonchev–Trinajstić information content (AvgIpc) is 2.73. The first kappa shape index (κ1) is 32.6. The number of rotatable bonds is 14. The lowest BCUT2D eigenvalue weighted by Gasteiger charge is -2.17. The van der Waals surface area contributed by atoms with Crippen molar-refractivity contribution in [2.45, 2.75) is 44.3 Å². The number of aliphatic hydroxyl groups excluding tert-OH is 1. The molecule has 0 radical (unpaired) electrons. The first-order valence-corrected chi connectivity index (χ1v) is 9.34. The van der Waals surface area contributed by atoms with Gasteiger partial charge in [0.25, 0.3) is 6.47 Å². The van der Waals surface area contributed by atoms with Crippen LogP contribution in [0.4, 0.5) is 17.8 Å². The molecule has 18 nitrogen and oxygen atoms in total. The number of carboxylic acids is 4. The van der Waals surface area contributed by atoms with Crippen molar-refractivity contribution >= 4 is 54.5 Å². The quantitative estimate of drug-likeness (QED) is 0.126. The summed E-state index contributed by atoms with van der Waals surface area (Å²) < 4.78 is 0. The number of aliphatic hydroxyl groups is 1. The highest BCUT2D eigenvalue weighted by Crippen LogP contribution is 2.14. The van der Waals surface area contributed by atoms with Gasteiger partial charge in [-0.2, -0.15) is 15.0 Å². The van der Waals surface area contributed by atoms with Gasteiger partial charge in [-0.1, -0.05) is 0 Å². The zero-order valence-corrected chi connectivity index (χ0v) is 18.5. The van der Waals surface area contributed by atoms with E-state index in [2.05, 4.69) is 30.9 Å². The largest absolute Gasteiger partial charge is 0.483 e. The summed E-state index contributed by atoms with van der Waals surface area (Å²) in [5.41, 5.74) is 0. The molecule has 3 unspecified atom stereocenters. The third kappa shape index (κ3) is 15.0. The first-order chi connectivity index (χ1) is 16.4. The first-order valence-electron chi connectivity index (χ1n) is 9.34. The molecule has 0 aliphatic rings. The van der Waals surface area contributed by atoms with Gasteiger partial charge in [0.05, 0.1) is 12.8 Å². The van der Waals surface area contributed by atoms with Crippen molar-refractivity contribution in [2.75, 3.05) is 23.1 Å². The van der Waals surface area contributed by atoms with Crippen LogP contribution in [0.2, 0.25) is 0 Å². The molecule has 3 atom stereocenters. The molecule has 0 saturated carbocycles. The van der Waals surface area contributed by atoms with Crippen LogP contribution in [0.15, 0.2) is 0 Å². The fraction of sp³-hybridized carbons (Fsp3) is 0.471. The van der Waals surface area contributed by atoms with E-state index in [9.17, 15) is 24.0 Å². The third-order valence-corrected chi connectivity index (χ3v) is 3.41. The monoisotopic (exact) mass is 506 g/mol. The molecule has 1 rings (SSSR count). The number of hydrogen-bond donors (Lipinski definition) is 9. The fourth-order valence-electron chi connectivity index (χ4n) is 2.11. The molecule has 0 amide bonds. The van der Waals surface area contributed by atoms with Gasteiger partial charge in [-0.3, -0.25) is 14.4 Å². The normalized spacial score (nSPS) is 12.0. The van der Waals surface area contributed by atoms with E-state index >= 15 is 0 Å². The molecule has 18 heteroatoms. The number of anilines is 3. The van der Waals surface area contributed by atoms with Gasteiger partial charge in [-0.15, -0.1) is 0 Å². The van der Waals surface area contributed by atoms with Gasteiger partial charge in [0.15, 0.2) is 0 Å². The Morgan fingerprint density at radius 3 is 1.49 bits per heavy atom. The van der Waals surface area contributed by atoms with E-state index in [1.54, 1.807) is 0 Å². The van der Waals surface area contributed by atoms with E-state index in [1.807, 2.05) is 0 Å². The second-order valence-corrected chi connectivity index (χ2v) is 6.13. The number of carbonyl (C=O) groups excluding carboxylic acids is 1. The van der Waals surface area contributed by atoms with Crippen LogP contribution in [0.1, 0.15) is 26.2 Å². The molecule has 0 aliphatic heterocycles. The molecular weight excluding hydrogens is 480 g/mol. The summed E-state index contributed by atoms with van der Waals surface area (Å²) in [5.74, 6) is -6.45. The molecule has 1 aromatic heterocycles. The zero-order valence-electron chi connectivity index (χ0n) is 18.5. The van der Waals surface area contributed by atoms with E-state index in [1.165, 1.54) is 6.92 Å². The molecule has 0 bridgehead atoms. The van der Waals surface area contributed by atoms with Crippen LogP contribution in [0.5, 0.6) is 0 Å². The second kappa shape index (κ2) is 17.9. The minimum absolute atomic E-state index is 0.238. The smallest absolute Gasteiger partial charge is 0.326 e. The Kier molecular flexibility index (Phi) is 16.6. The van der Waals surface area contributed by atoms with E-state index < -0.39 is 60.8 Å².